The van der Waals surface area contributed by atoms with E-state index in [9.17, 15) is 18.0 Å². The van der Waals surface area contributed by atoms with E-state index in [4.69, 9.17) is 15.8 Å². The molecule has 0 radical (unpaired) electrons. The number of imide groups is 1. The van der Waals surface area contributed by atoms with Gasteiger partial charge in [0, 0.05) is 5.69 Å². The molecule has 0 saturated carbocycles. The van der Waals surface area contributed by atoms with E-state index in [-0.39, 0.29) is 16.5 Å². The van der Waals surface area contributed by atoms with Gasteiger partial charge in [-0.2, -0.15) is 8.42 Å². The summed E-state index contributed by atoms with van der Waals surface area (Å²) in [4.78, 5) is 22.4. The predicted molar refractivity (Wildman–Crippen MR) is 88.6 cm³/mol. The average molecular weight is 369 g/mol. The van der Waals surface area contributed by atoms with Gasteiger partial charge in [-0.3, -0.25) is 10.1 Å². The van der Waals surface area contributed by atoms with E-state index < -0.39 is 22.1 Å². The van der Waals surface area contributed by atoms with Crippen molar-refractivity contribution < 1.29 is 22.2 Å². The minimum atomic E-state index is -3.98. The lowest BCUT2D eigenvalue weighted by Crippen LogP contribution is -2.35. The number of halogens is 1. The van der Waals surface area contributed by atoms with Crippen molar-refractivity contribution in [1.29, 1.82) is 0 Å². The van der Waals surface area contributed by atoms with E-state index >= 15 is 0 Å². The van der Waals surface area contributed by atoms with Crippen LogP contribution in [0.1, 0.15) is 0 Å². The van der Waals surface area contributed by atoms with Gasteiger partial charge in [-0.05, 0) is 36.4 Å². The molecule has 3 amide bonds. The van der Waals surface area contributed by atoms with Crippen molar-refractivity contribution in [3.63, 3.8) is 0 Å². The van der Waals surface area contributed by atoms with Gasteiger partial charge in [0.05, 0.1) is 0 Å². The van der Waals surface area contributed by atoms with Gasteiger partial charge < -0.3 is 9.50 Å². The van der Waals surface area contributed by atoms with Gasteiger partial charge in [-0.1, -0.05) is 18.2 Å². The molecule has 0 bridgehead atoms. The number of carbonyl (C=O) groups excluding carboxylic acids is 2. The average Bonchev–Trinajstić information content (AvgIpc) is 2.55. The lowest BCUT2D eigenvalue weighted by Gasteiger charge is -2.08. The van der Waals surface area contributed by atoms with Crippen LogP contribution in [0.3, 0.4) is 0 Å². The predicted octanol–water partition coefficient (Wildman–Crippen LogP) is 2.34. The fourth-order valence-corrected chi connectivity index (χ4v) is 2.68. The first-order valence-corrected chi connectivity index (χ1v) is 8.61. The third kappa shape index (κ3) is 4.97. The van der Waals surface area contributed by atoms with Crippen LogP contribution in [0.4, 0.5) is 10.5 Å². The second kappa shape index (κ2) is 7.80. The summed E-state index contributed by atoms with van der Waals surface area (Å²) in [5, 5.41) is 4.36. The molecule has 9 heteroatoms. The Labute approximate surface area is 143 Å². The van der Waals surface area contributed by atoms with Crippen LogP contribution in [0.2, 0.25) is 0 Å². The molecule has 0 aliphatic rings. The third-order valence-electron chi connectivity index (χ3n) is 2.72. The number of nitrogens with one attached hydrogen (secondary N) is 2. The van der Waals surface area contributed by atoms with Gasteiger partial charge in [0.1, 0.15) is 16.5 Å². The van der Waals surface area contributed by atoms with Crippen molar-refractivity contribution >= 4 is 39.3 Å². The van der Waals surface area contributed by atoms with Crippen molar-refractivity contribution in [2.45, 2.75) is 4.90 Å². The van der Waals surface area contributed by atoms with Crippen LogP contribution in [0, 0.1) is 0 Å². The van der Waals surface area contributed by atoms with E-state index in [1.807, 2.05) is 5.32 Å². The molecule has 0 unspecified atom stereocenters. The Bertz CT molecular complexity index is 823. The minimum Gasteiger partial charge on any atom is -0.379 e. The molecule has 2 rings (SSSR count). The highest BCUT2D eigenvalue weighted by Gasteiger charge is 2.16. The zero-order valence-electron chi connectivity index (χ0n) is 12.2. The maximum absolute atomic E-state index is 12.1. The molecule has 0 aliphatic heterocycles. The largest absolute Gasteiger partial charge is 0.379 e. The monoisotopic (exact) mass is 368 g/mol. The SMILES string of the molecule is O=C(CCl)NC(=O)Nc1ccc(S(=O)(=O)Oc2ccccc2)cc1. The van der Waals surface area contributed by atoms with Crippen LogP contribution in [0.15, 0.2) is 59.5 Å². The summed E-state index contributed by atoms with van der Waals surface area (Å²) in [6.45, 7) is 0. The molecule has 7 nitrogen and oxygen atoms in total. The van der Waals surface area contributed by atoms with Crippen molar-refractivity contribution in [2.24, 2.45) is 0 Å². The first-order chi connectivity index (χ1) is 11.4. The van der Waals surface area contributed by atoms with Gasteiger partial charge in [-0.25, -0.2) is 4.79 Å². The van der Waals surface area contributed by atoms with Crippen LogP contribution in [-0.4, -0.2) is 26.2 Å². The smallest absolute Gasteiger partial charge is 0.339 e. The number of para-hydroxylation sites is 1. The van der Waals surface area contributed by atoms with E-state index in [0.29, 0.717) is 5.69 Å². The Morgan fingerprint density at radius 3 is 2.21 bits per heavy atom. The maximum atomic E-state index is 12.1. The van der Waals surface area contributed by atoms with Gasteiger partial charge in [-0.15, -0.1) is 11.6 Å². The molecule has 0 atom stereocenters. The van der Waals surface area contributed by atoms with E-state index in [0.717, 1.165) is 0 Å². The van der Waals surface area contributed by atoms with Gasteiger partial charge in [0.15, 0.2) is 0 Å². The van der Waals surface area contributed by atoms with Crippen molar-refractivity contribution in [2.75, 3.05) is 11.2 Å². The molecule has 2 aromatic carbocycles. The lowest BCUT2D eigenvalue weighted by atomic mass is 10.3. The first kappa shape index (κ1) is 17.8. The van der Waals surface area contributed by atoms with Crippen LogP contribution >= 0.6 is 11.6 Å². The highest BCUT2D eigenvalue weighted by molar-refractivity contribution is 7.87. The van der Waals surface area contributed by atoms with E-state index in [1.54, 1.807) is 18.2 Å². The molecule has 0 aromatic heterocycles. The molecule has 2 aromatic rings. The molecule has 0 spiro atoms. The number of carbonyl (C=O) groups is 2. The third-order valence-corrected chi connectivity index (χ3v) is 4.23. The summed E-state index contributed by atoms with van der Waals surface area (Å²) in [5.41, 5.74) is 0.300. The van der Waals surface area contributed by atoms with E-state index in [2.05, 4.69) is 5.32 Å². The lowest BCUT2D eigenvalue weighted by molar-refractivity contribution is -0.117. The molecule has 126 valence electrons. The molecule has 24 heavy (non-hydrogen) atoms. The van der Waals surface area contributed by atoms with Crippen LogP contribution in [-0.2, 0) is 14.9 Å². The number of anilines is 1. The second-order valence-electron chi connectivity index (χ2n) is 4.51. The molecular weight excluding hydrogens is 356 g/mol. The standard InChI is InChI=1S/C15H13ClN2O5S/c16-10-14(19)18-15(20)17-11-6-8-13(9-7-11)24(21,22)23-12-4-2-1-3-5-12/h1-9H,10H2,(H2,17,18,19,20). The number of amides is 3. The molecule has 0 heterocycles. The zero-order valence-corrected chi connectivity index (χ0v) is 13.8. The first-order valence-electron chi connectivity index (χ1n) is 6.67. The summed E-state index contributed by atoms with van der Waals surface area (Å²) in [7, 11) is -3.98. The van der Waals surface area contributed by atoms with Crippen LogP contribution in [0.25, 0.3) is 0 Å². The van der Waals surface area contributed by atoms with Gasteiger partial charge in [0.2, 0.25) is 5.91 Å². The number of alkyl halides is 1. The Kier molecular flexibility index (Phi) is 5.78. The number of benzene rings is 2. The van der Waals surface area contributed by atoms with Crippen molar-refractivity contribution in [1.82, 2.24) is 5.32 Å². The summed E-state index contributed by atoms with van der Waals surface area (Å²) in [6.07, 6.45) is 0. The zero-order chi connectivity index (χ0) is 17.6. The summed E-state index contributed by atoms with van der Waals surface area (Å²) in [5.74, 6) is -0.801. The number of urea groups is 1. The molecule has 0 fully saturated rings. The maximum Gasteiger partial charge on any atom is 0.339 e. The highest BCUT2D eigenvalue weighted by Crippen LogP contribution is 2.19. The Morgan fingerprint density at radius 2 is 1.62 bits per heavy atom. The molecule has 0 aliphatic carbocycles. The van der Waals surface area contributed by atoms with Crippen molar-refractivity contribution in [3.05, 3.63) is 54.6 Å². The summed E-state index contributed by atoms with van der Waals surface area (Å²) < 4.78 is 29.3. The summed E-state index contributed by atoms with van der Waals surface area (Å²) in [6, 6.07) is 12.6. The Hall–Kier alpha value is -2.58. The number of hydrogen-bond donors (Lipinski definition) is 2. The molecular formula is C15H13ClN2O5S. The number of hydrogen-bond acceptors (Lipinski definition) is 5. The van der Waals surface area contributed by atoms with E-state index in [1.165, 1.54) is 36.4 Å². The minimum absolute atomic E-state index is 0.0749. The molecule has 0 saturated heterocycles. The topological polar surface area (TPSA) is 102 Å². The molecule has 2 N–H and O–H groups in total. The normalized spacial score (nSPS) is 10.7. The van der Waals surface area contributed by atoms with Gasteiger partial charge in [0.25, 0.3) is 0 Å². The quantitative estimate of drug-likeness (QED) is 0.623. The number of rotatable bonds is 5. The van der Waals surface area contributed by atoms with Gasteiger partial charge >= 0.3 is 16.1 Å². The Balaban J connectivity index is 2.05. The fraction of sp³-hybridized carbons (Fsp3) is 0.0667. The Morgan fingerprint density at radius 1 is 1.00 bits per heavy atom. The fourth-order valence-electron chi connectivity index (χ4n) is 1.68. The highest BCUT2D eigenvalue weighted by atomic mass is 35.5. The second-order valence-corrected chi connectivity index (χ2v) is 6.32. The van der Waals surface area contributed by atoms with Crippen molar-refractivity contribution in [3.8, 4) is 5.75 Å². The van der Waals surface area contributed by atoms with Crippen LogP contribution in [0.5, 0.6) is 5.75 Å². The van der Waals surface area contributed by atoms with Crippen LogP contribution < -0.4 is 14.8 Å². The summed E-state index contributed by atoms with van der Waals surface area (Å²) >= 11 is 5.26.